The third-order valence-electron chi connectivity index (χ3n) is 17.0. The second kappa shape index (κ2) is 15.4. The van der Waals surface area contributed by atoms with Gasteiger partial charge in [0, 0.05) is 27.4 Å². The molecule has 0 aliphatic carbocycles. The molecule has 17 aromatic rings. The van der Waals surface area contributed by atoms with Gasteiger partial charge in [-0.05, 0) is 157 Å². The number of hydrogen-bond donors (Lipinski definition) is 0. The van der Waals surface area contributed by atoms with Crippen LogP contribution in [0.3, 0.4) is 0 Å². The van der Waals surface area contributed by atoms with Crippen LogP contribution in [0.15, 0.2) is 241 Å². The molecule has 0 fully saturated rings. The minimum Gasteiger partial charge on any atom is -0.453 e. The van der Waals surface area contributed by atoms with Crippen LogP contribution in [0.4, 0.5) is 17.1 Å². The maximum Gasteiger partial charge on any atom is 0.159 e. The average molecular weight is 964 g/mol. The Morgan fingerprint density at radius 2 is 0.724 bits per heavy atom. The molecule has 2 nitrogen and oxygen atoms in total. The smallest absolute Gasteiger partial charge is 0.159 e. The minimum absolute atomic E-state index is 0.862. The van der Waals surface area contributed by atoms with E-state index in [9.17, 15) is 0 Å². The summed E-state index contributed by atoms with van der Waals surface area (Å²) in [6.07, 6.45) is 0. The Bertz CT molecular complexity index is 5050. The van der Waals surface area contributed by atoms with E-state index < -0.39 is 0 Å². The van der Waals surface area contributed by atoms with Crippen LogP contribution in [0.2, 0.25) is 0 Å². The lowest BCUT2D eigenvalue weighted by molar-refractivity contribution is 0.670. The van der Waals surface area contributed by atoms with Gasteiger partial charge in [0.15, 0.2) is 5.58 Å². The van der Waals surface area contributed by atoms with Crippen molar-refractivity contribution in [3.8, 4) is 33.4 Å². The molecule has 0 radical (unpaired) electrons. The molecule has 0 unspecified atom stereocenters. The molecule has 0 saturated heterocycles. The van der Waals surface area contributed by atoms with Gasteiger partial charge in [0.2, 0.25) is 0 Å². The second-order valence-corrected chi connectivity index (χ2v) is 21.1. The topological polar surface area (TPSA) is 16.4 Å². The Balaban J connectivity index is 1.03. The van der Waals surface area contributed by atoms with Crippen molar-refractivity contribution in [3.05, 3.63) is 248 Å². The number of anilines is 3. The van der Waals surface area contributed by atoms with E-state index in [1.165, 1.54) is 130 Å². The standard InChI is InChI=1S/C74H45NO/c1-42-33-39-60(43(2)41-42)75(62-32-16-29-54-53-28-14-25-48(73(53)76-74(54)62)44-17-6-3-7-18-44)61-40-38-57-66-55(61)30-15-31-56(66)69-64(46-19-8-4-9-20-46)71-58-36-34-51-49-26-12-23-45-24-13-27-50(63(45)49)52-35-37-59(68(58)67(51)52)72(71)65(70(57)69)47-21-10-5-11-22-47/h3-41H,1-2H3. The lowest BCUT2D eigenvalue weighted by atomic mass is 9.87. The molecule has 2 heteroatoms. The fourth-order valence-corrected chi connectivity index (χ4v) is 14.0. The molecule has 0 spiro atoms. The van der Waals surface area contributed by atoms with E-state index in [0.29, 0.717) is 0 Å². The fourth-order valence-electron chi connectivity index (χ4n) is 14.0. The van der Waals surface area contributed by atoms with Gasteiger partial charge in [-0.25, -0.2) is 0 Å². The Kier molecular flexibility index (Phi) is 8.44. The summed E-state index contributed by atoms with van der Waals surface area (Å²) in [6.45, 7) is 4.42. The van der Waals surface area contributed by atoms with Crippen molar-refractivity contribution in [1.29, 1.82) is 0 Å². The van der Waals surface area contributed by atoms with Crippen LogP contribution in [0, 0.1) is 13.8 Å². The first-order valence-corrected chi connectivity index (χ1v) is 26.5. The van der Waals surface area contributed by atoms with Gasteiger partial charge in [-0.2, -0.15) is 0 Å². The predicted molar refractivity (Wildman–Crippen MR) is 325 cm³/mol. The first kappa shape index (κ1) is 41.7. The quantitative estimate of drug-likeness (QED) is 0.122. The highest BCUT2D eigenvalue weighted by molar-refractivity contribution is 6.49. The summed E-state index contributed by atoms with van der Waals surface area (Å²) < 4.78 is 7.22. The molecule has 76 heavy (non-hydrogen) atoms. The Hall–Kier alpha value is -9.76. The molecule has 17 rings (SSSR count). The van der Waals surface area contributed by atoms with Crippen molar-refractivity contribution in [1.82, 2.24) is 0 Å². The molecule has 1 aromatic heterocycles. The van der Waals surface area contributed by atoms with E-state index >= 15 is 0 Å². The number of aryl methyl sites for hydroxylation is 2. The molecular formula is C74H45NO. The van der Waals surface area contributed by atoms with Crippen LogP contribution in [0.25, 0.3) is 152 Å². The number of benzene rings is 14. The first-order chi connectivity index (χ1) is 37.6. The summed E-state index contributed by atoms with van der Waals surface area (Å²) in [5.41, 5.74) is 14.6. The number of furan rings is 1. The average Bonchev–Trinajstić information content (AvgIpc) is 4.29. The molecule has 16 aromatic carbocycles. The summed E-state index contributed by atoms with van der Waals surface area (Å²) >= 11 is 0. The van der Waals surface area contributed by atoms with E-state index in [4.69, 9.17) is 4.42 Å². The van der Waals surface area contributed by atoms with Gasteiger partial charge < -0.3 is 9.32 Å². The molecule has 0 amide bonds. The van der Waals surface area contributed by atoms with Gasteiger partial charge in [-0.3, -0.25) is 0 Å². The van der Waals surface area contributed by atoms with Gasteiger partial charge in [0.1, 0.15) is 5.58 Å². The fraction of sp³-hybridized carbons (Fsp3) is 0.0270. The van der Waals surface area contributed by atoms with Crippen molar-refractivity contribution in [3.63, 3.8) is 0 Å². The lowest BCUT2D eigenvalue weighted by Gasteiger charge is -2.28. The maximum atomic E-state index is 7.22. The minimum atomic E-state index is 0.862. The molecular weight excluding hydrogens is 919 g/mol. The predicted octanol–water partition coefficient (Wildman–Crippen LogP) is 21.4. The van der Waals surface area contributed by atoms with E-state index in [1.807, 2.05) is 0 Å². The summed E-state index contributed by atoms with van der Waals surface area (Å²) in [4.78, 5) is 2.47. The van der Waals surface area contributed by atoms with E-state index in [0.717, 1.165) is 50.1 Å². The third-order valence-corrected chi connectivity index (χ3v) is 17.0. The number of fused-ring (bicyclic) bond motifs is 11. The number of para-hydroxylation sites is 2. The monoisotopic (exact) mass is 963 g/mol. The first-order valence-electron chi connectivity index (χ1n) is 26.5. The summed E-state index contributed by atoms with van der Waals surface area (Å²) in [5, 5.41) is 25.6. The van der Waals surface area contributed by atoms with Crippen molar-refractivity contribution in [2.75, 3.05) is 4.90 Å². The molecule has 0 N–H and O–H groups in total. The molecule has 0 saturated carbocycles. The van der Waals surface area contributed by atoms with Crippen LogP contribution >= 0.6 is 0 Å². The summed E-state index contributed by atoms with van der Waals surface area (Å²) in [6, 6.07) is 88.2. The maximum absolute atomic E-state index is 7.22. The van der Waals surface area contributed by atoms with Crippen LogP contribution in [-0.4, -0.2) is 0 Å². The molecule has 0 aliphatic heterocycles. The van der Waals surface area contributed by atoms with Crippen molar-refractivity contribution < 1.29 is 4.42 Å². The Labute approximate surface area is 437 Å². The highest BCUT2D eigenvalue weighted by atomic mass is 16.3. The van der Waals surface area contributed by atoms with Crippen LogP contribution in [0.1, 0.15) is 11.1 Å². The molecule has 352 valence electrons. The largest absolute Gasteiger partial charge is 0.453 e. The van der Waals surface area contributed by atoms with Gasteiger partial charge in [-0.1, -0.05) is 224 Å². The Morgan fingerprint density at radius 1 is 0.276 bits per heavy atom. The van der Waals surface area contributed by atoms with Crippen LogP contribution < -0.4 is 4.90 Å². The zero-order valence-corrected chi connectivity index (χ0v) is 41.9. The summed E-state index contributed by atoms with van der Waals surface area (Å²) in [7, 11) is 0. The SMILES string of the molecule is Cc1ccc(N(c2ccc3c4c(-c5ccccc5)c5c6ccc7c8cccc9cccc(c%10ccc(c5c(-c5ccccc5)c4c4cccc2c43)c6c%107)c98)c2cccc3c2oc2c(-c4ccccc4)cccc23)c(C)c1. The molecule has 0 bridgehead atoms. The molecule has 1 heterocycles. The normalized spacial score (nSPS) is 12.3. The number of hydrogen-bond acceptors (Lipinski definition) is 2. The molecule has 0 atom stereocenters. The summed E-state index contributed by atoms with van der Waals surface area (Å²) in [5.74, 6) is 0. The van der Waals surface area contributed by atoms with Crippen LogP contribution in [0.5, 0.6) is 0 Å². The number of nitrogens with zero attached hydrogens (tertiary/aromatic N) is 1. The second-order valence-electron chi connectivity index (χ2n) is 21.1. The van der Waals surface area contributed by atoms with E-state index in [1.54, 1.807) is 0 Å². The number of rotatable bonds is 6. The third kappa shape index (κ3) is 5.49. The van der Waals surface area contributed by atoms with Gasteiger partial charge in [0.05, 0.1) is 11.4 Å². The van der Waals surface area contributed by atoms with E-state index in [2.05, 4.69) is 255 Å². The lowest BCUT2D eigenvalue weighted by Crippen LogP contribution is -2.12. The highest BCUT2D eigenvalue weighted by Crippen LogP contribution is 2.58. The van der Waals surface area contributed by atoms with Crippen molar-refractivity contribution in [2.24, 2.45) is 0 Å². The van der Waals surface area contributed by atoms with Gasteiger partial charge in [-0.15, -0.1) is 0 Å². The Morgan fingerprint density at radius 3 is 1.36 bits per heavy atom. The van der Waals surface area contributed by atoms with Crippen molar-refractivity contribution >= 4 is 136 Å². The van der Waals surface area contributed by atoms with E-state index in [-0.39, 0.29) is 0 Å². The zero-order valence-electron chi connectivity index (χ0n) is 41.9. The zero-order chi connectivity index (χ0) is 49.9. The molecule has 0 aliphatic rings. The van der Waals surface area contributed by atoms with Gasteiger partial charge in [0.25, 0.3) is 0 Å². The van der Waals surface area contributed by atoms with Gasteiger partial charge >= 0.3 is 0 Å². The van der Waals surface area contributed by atoms with Crippen LogP contribution in [-0.2, 0) is 0 Å². The van der Waals surface area contributed by atoms with Crippen molar-refractivity contribution in [2.45, 2.75) is 13.8 Å². The highest BCUT2D eigenvalue weighted by Gasteiger charge is 2.31.